The Hall–Kier alpha value is -1.84. The highest BCUT2D eigenvalue weighted by Crippen LogP contribution is 2.22. The summed E-state index contributed by atoms with van der Waals surface area (Å²) in [4.78, 5) is 28.1. The van der Waals surface area contributed by atoms with Crippen LogP contribution in [-0.2, 0) is 9.59 Å². The van der Waals surface area contributed by atoms with Crippen LogP contribution in [0.25, 0.3) is 0 Å². The van der Waals surface area contributed by atoms with Crippen LogP contribution in [0.1, 0.15) is 43.7 Å². The second-order valence-corrected chi connectivity index (χ2v) is 6.19. The van der Waals surface area contributed by atoms with Crippen molar-refractivity contribution in [2.24, 2.45) is 0 Å². The molecule has 0 saturated carbocycles. The van der Waals surface area contributed by atoms with Gasteiger partial charge in [0.2, 0.25) is 11.8 Å². The van der Waals surface area contributed by atoms with E-state index in [0.717, 1.165) is 42.7 Å². The largest absolute Gasteiger partial charge is 0.341 e. The average Bonchev–Trinajstić information content (AvgIpc) is 2.76. The Kier molecular flexibility index (Phi) is 5.58. The Morgan fingerprint density at radius 1 is 1.09 bits per heavy atom. The molecule has 0 bridgehead atoms. The Morgan fingerprint density at radius 2 is 1.73 bits per heavy atom. The number of carbonyl (C=O) groups excluding carboxylic acids is 2. The third-order valence-corrected chi connectivity index (χ3v) is 4.29. The molecular formula is C18H26N2O2. The number of rotatable bonds is 3. The summed E-state index contributed by atoms with van der Waals surface area (Å²) in [6.07, 6.45) is 4.51. The van der Waals surface area contributed by atoms with Crippen molar-refractivity contribution in [2.75, 3.05) is 24.5 Å². The summed E-state index contributed by atoms with van der Waals surface area (Å²) in [5.74, 6) is -0.0325. The highest BCUT2D eigenvalue weighted by atomic mass is 16.2. The molecule has 4 nitrogen and oxygen atoms in total. The van der Waals surface area contributed by atoms with Crippen molar-refractivity contribution in [3.05, 3.63) is 29.3 Å². The van der Waals surface area contributed by atoms with E-state index in [1.54, 1.807) is 4.90 Å². The molecule has 0 radical (unpaired) electrons. The minimum Gasteiger partial charge on any atom is -0.341 e. The van der Waals surface area contributed by atoms with Crippen LogP contribution in [0.4, 0.5) is 5.69 Å². The lowest BCUT2D eigenvalue weighted by Gasteiger charge is -2.27. The molecule has 0 N–H and O–H groups in total. The number of carbonyl (C=O) groups is 2. The highest BCUT2D eigenvalue weighted by Gasteiger charge is 2.22. The molecular weight excluding hydrogens is 276 g/mol. The molecule has 0 aromatic heterocycles. The predicted octanol–water partition coefficient (Wildman–Crippen LogP) is 3.06. The third-order valence-electron chi connectivity index (χ3n) is 4.29. The lowest BCUT2D eigenvalue weighted by molar-refractivity contribution is -0.131. The van der Waals surface area contributed by atoms with Crippen molar-refractivity contribution >= 4 is 17.5 Å². The fraction of sp³-hybridized carbons (Fsp3) is 0.556. The number of benzene rings is 1. The number of hydrogen-bond acceptors (Lipinski definition) is 2. The summed E-state index contributed by atoms with van der Waals surface area (Å²) in [6, 6.07) is 6.00. The first-order chi connectivity index (χ1) is 10.5. The first-order valence-electron chi connectivity index (χ1n) is 8.12. The zero-order valence-electron chi connectivity index (χ0n) is 13.9. The highest BCUT2D eigenvalue weighted by molar-refractivity contribution is 5.98. The number of likely N-dealkylation sites (tertiary alicyclic amines) is 1. The van der Waals surface area contributed by atoms with Gasteiger partial charge >= 0.3 is 0 Å². The molecule has 0 unspecified atom stereocenters. The van der Waals surface area contributed by atoms with Gasteiger partial charge in [0, 0.05) is 25.7 Å². The number of anilines is 1. The first-order valence-corrected chi connectivity index (χ1v) is 8.12. The van der Waals surface area contributed by atoms with Gasteiger partial charge in [-0.05, 0) is 43.9 Å². The van der Waals surface area contributed by atoms with Crippen LogP contribution in [-0.4, -0.2) is 36.3 Å². The molecule has 1 heterocycles. The number of nitrogens with zero attached hydrogens (tertiary/aromatic N) is 2. The van der Waals surface area contributed by atoms with Gasteiger partial charge in [-0.3, -0.25) is 9.59 Å². The standard InChI is InChI=1S/C18H26N2O2/c1-14-8-9-15(2)17(12-14)20(16(3)21)13-18(22)19-10-6-4-5-7-11-19/h8-9,12H,4-7,10-11,13H2,1-3H3. The van der Waals surface area contributed by atoms with E-state index < -0.39 is 0 Å². The summed E-state index contributed by atoms with van der Waals surface area (Å²) in [7, 11) is 0. The number of hydrogen-bond donors (Lipinski definition) is 0. The summed E-state index contributed by atoms with van der Waals surface area (Å²) in [5.41, 5.74) is 2.95. The molecule has 1 aliphatic heterocycles. The fourth-order valence-corrected chi connectivity index (χ4v) is 2.93. The maximum Gasteiger partial charge on any atom is 0.242 e. The Bertz CT molecular complexity index is 546. The third kappa shape index (κ3) is 4.09. The fourth-order valence-electron chi connectivity index (χ4n) is 2.93. The quantitative estimate of drug-likeness (QED) is 0.861. The summed E-state index contributed by atoms with van der Waals surface area (Å²) < 4.78 is 0. The van der Waals surface area contributed by atoms with Gasteiger partial charge in [-0.15, -0.1) is 0 Å². The van der Waals surface area contributed by atoms with E-state index in [0.29, 0.717) is 0 Å². The van der Waals surface area contributed by atoms with Crippen LogP contribution in [0.2, 0.25) is 0 Å². The average molecular weight is 302 g/mol. The van der Waals surface area contributed by atoms with E-state index in [9.17, 15) is 9.59 Å². The van der Waals surface area contributed by atoms with Crippen LogP contribution in [0.15, 0.2) is 18.2 Å². The van der Waals surface area contributed by atoms with E-state index in [2.05, 4.69) is 0 Å². The molecule has 1 aromatic rings. The Balaban J connectivity index is 2.16. The van der Waals surface area contributed by atoms with E-state index >= 15 is 0 Å². The van der Waals surface area contributed by atoms with E-state index in [4.69, 9.17) is 0 Å². The molecule has 22 heavy (non-hydrogen) atoms. The van der Waals surface area contributed by atoms with Gasteiger partial charge in [0.15, 0.2) is 0 Å². The Labute approximate surface area is 133 Å². The summed E-state index contributed by atoms with van der Waals surface area (Å²) in [6.45, 7) is 7.27. The molecule has 1 aromatic carbocycles. The minimum atomic E-state index is -0.0862. The summed E-state index contributed by atoms with van der Waals surface area (Å²) in [5, 5.41) is 0. The SMILES string of the molecule is CC(=O)N(CC(=O)N1CCCCCC1)c1cc(C)ccc1C. The van der Waals surface area contributed by atoms with E-state index in [1.807, 2.05) is 36.9 Å². The number of amides is 2. The molecule has 0 spiro atoms. The Morgan fingerprint density at radius 3 is 2.32 bits per heavy atom. The zero-order chi connectivity index (χ0) is 16.1. The first kappa shape index (κ1) is 16.5. The van der Waals surface area contributed by atoms with Crippen molar-refractivity contribution in [2.45, 2.75) is 46.5 Å². The maximum atomic E-state index is 12.6. The van der Waals surface area contributed by atoms with Crippen molar-refractivity contribution in [3.63, 3.8) is 0 Å². The van der Waals surface area contributed by atoms with Crippen molar-refractivity contribution < 1.29 is 9.59 Å². The van der Waals surface area contributed by atoms with Gasteiger partial charge in [0.25, 0.3) is 0 Å². The second kappa shape index (κ2) is 7.43. The molecule has 0 aliphatic carbocycles. The van der Waals surface area contributed by atoms with E-state index in [1.165, 1.54) is 19.8 Å². The van der Waals surface area contributed by atoms with Crippen LogP contribution < -0.4 is 4.90 Å². The predicted molar refractivity (Wildman–Crippen MR) is 89.0 cm³/mol. The smallest absolute Gasteiger partial charge is 0.242 e. The van der Waals surface area contributed by atoms with Gasteiger partial charge < -0.3 is 9.80 Å². The minimum absolute atomic E-state index is 0.0537. The molecule has 120 valence electrons. The van der Waals surface area contributed by atoms with E-state index in [-0.39, 0.29) is 18.4 Å². The van der Waals surface area contributed by atoms with Gasteiger partial charge in [-0.25, -0.2) is 0 Å². The molecule has 1 aliphatic rings. The molecule has 0 atom stereocenters. The van der Waals surface area contributed by atoms with Crippen LogP contribution in [0.3, 0.4) is 0 Å². The molecule has 1 saturated heterocycles. The monoisotopic (exact) mass is 302 g/mol. The van der Waals surface area contributed by atoms with Gasteiger partial charge in [-0.1, -0.05) is 25.0 Å². The number of aryl methyl sites for hydroxylation is 2. The van der Waals surface area contributed by atoms with Crippen LogP contribution in [0.5, 0.6) is 0 Å². The normalized spacial score (nSPS) is 15.3. The molecule has 2 rings (SSSR count). The lowest BCUT2D eigenvalue weighted by atomic mass is 10.1. The van der Waals surface area contributed by atoms with Crippen LogP contribution >= 0.6 is 0 Å². The molecule has 1 fully saturated rings. The molecule has 2 amide bonds. The van der Waals surface area contributed by atoms with Gasteiger partial charge in [0.05, 0.1) is 0 Å². The van der Waals surface area contributed by atoms with Crippen molar-refractivity contribution in [1.29, 1.82) is 0 Å². The van der Waals surface area contributed by atoms with Crippen molar-refractivity contribution in [1.82, 2.24) is 4.90 Å². The summed E-state index contributed by atoms with van der Waals surface area (Å²) >= 11 is 0. The maximum absolute atomic E-state index is 12.6. The van der Waals surface area contributed by atoms with Gasteiger partial charge in [0.1, 0.15) is 6.54 Å². The van der Waals surface area contributed by atoms with Crippen LogP contribution in [0, 0.1) is 13.8 Å². The molecule has 4 heteroatoms. The second-order valence-electron chi connectivity index (χ2n) is 6.19. The lowest BCUT2D eigenvalue weighted by Crippen LogP contribution is -2.43. The topological polar surface area (TPSA) is 40.6 Å². The zero-order valence-corrected chi connectivity index (χ0v) is 13.9. The van der Waals surface area contributed by atoms with Crippen molar-refractivity contribution in [3.8, 4) is 0 Å². The van der Waals surface area contributed by atoms with Gasteiger partial charge in [-0.2, -0.15) is 0 Å².